The van der Waals surface area contributed by atoms with Crippen molar-refractivity contribution >= 4 is 35.4 Å². The number of nitrogens with one attached hydrogen (secondary N) is 1. The van der Waals surface area contributed by atoms with Gasteiger partial charge in [-0.25, -0.2) is 0 Å². The van der Waals surface area contributed by atoms with Gasteiger partial charge in [-0.1, -0.05) is 66.7 Å². The number of halogens is 3. The molecule has 49 heavy (non-hydrogen) atoms. The second-order valence-corrected chi connectivity index (χ2v) is 11.3. The molecule has 0 aromatic heterocycles. The van der Waals surface area contributed by atoms with E-state index in [2.05, 4.69) is 5.32 Å². The van der Waals surface area contributed by atoms with Gasteiger partial charge in [0.25, 0.3) is 11.8 Å². The molecule has 0 aliphatic carbocycles. The molecule has 4 aromatic rings. The minimum Gasteiger partial charge on any atom is -0.480 e. The maximum atomic E-state index is 13.7. The predicted octanol–water partition coefficient (Wildman–Crippen LogP) is 5.83. The van der Waals surface area contributed by atoms with Crippen molar-refractivity contribution in [2.24, 2.45) is 0 Å². The molecule has 4 aromatic carbocycles. The van der Waals surface area contributed by atoms with Crippen LogP contribution in [0.4, 0.5) is 18.9 Å². The van der Waals surface area contributed by atoms with Crippen LogP contribution >= 0.6 is 0 Å². The lowest BCUT2D eigenvalue weighted by Gasteiger charge is -2.25. The summed E-state index contributed by atoms with van der Waals surface area (Å²) in [6, 6.07) is 20.5. The number of benzene rings is 4. The Kier molecular flexibility index (Phi) is 10.6. The summed E-state index contributed by atoms with van der Waals surface area (Å²) in [6.07, 6.45) is -5.00. The number of aliphatic carboxylic acids is 2. The quantitative estimate of drug-likeness (QED) is 0.133. The molecule has 0 spiro atoms. The average molecular weight is 677 g/mol. The highest BCUT2D eigenvalue weighted by atomic mass is 19.4. The Morgan fingerprint density at radius 2 is 1.43 bits per heavy atom. The van der Waals surface area contributed by atoms with Crippen LogP contribution in [0.5, 0.6) is 0 Å². The van der Waals surface area contributed by atoms with Gasteiger partial charge in [0.05, 0.1) is 28.8 Å². The lowest BCUT2D eigenvalue weighted by Crippen LogP contribution is -2.48. The number of rotatable bonds is 11. The Morgan fingerprint density at radius 3 is 2.00 bits per heavy atom. The van der Waals surface area contributed by atoms with Crippen molar-refractivity contribution in [2.45, 2.75) is 24.9 Å². The summed E-state index contributed by atoms with van der Waals surface area (Å²) >= 11 is 0. The Labute approximate surface area is 278 Å². The number of ether oxygens (including phenoxy) is 1. The van der Waals surface area contributed by atoms with Crippen molar-refractivity contribution in [1.82, 2.24) is 4.90 Å². The second kappa shape index (κ2) is 14.4. The monoisotopic (exact) mass is 676 g/mol. The number of anilines is 1. The number of carboxylic acids is 2. The largest absolute Gasteiger partial charge is 0.480 e. The molecule has 3 N–H and O–H groups in total. The first-order valence-electron chi connectivity index (χ1n) is 14.7. The van der Waals surface area contributed by atoms with E-state index in [9.17, 15) is 47.4 Å². The number of carboxylic acid groups (broad SMARTS) is 2. The predicted molar refractivity (Wildman–Crippen MR) is 172 cm³/mol. The first-order chi connectivity index (χ1) is 23.1. The smallest absolute Gasteiger partial charge is 0.416 e. The van der Waals surface area contributed by atoms with Crippen LogP contribution in [0.3, 0.4) is 0 Å². The van der Waals surface area contributed by atoms with Gasteiger partial charge in [-0.05, 0) is 59.0 Å². The molecular formula is C36H31F3N2O8. The number of carbonyl (C=O) groups is 5. The topological polar surface area (TPSA) is 150 Å². The summed E-state index contributed by atoms with van der Waals surface area (Å²) in [6.45, 7) is 0.653. The molecule has 0 saturated heterocycles. The highest BCUT2D eigenvalue weighted by Gasteiger charge is 2.50. The van der Waals surface area contributed by atoms with Gasteiger partial charge in [0.15, 0.2) is 0 Å². The molecule has 4 rings (SSSR count). The van der Waals surface area contributed by atoms with Gasteiger partial charge in [-0.3, -0.25) is 24.0 Å². The highest BCUT2D eigenvalue weighted by Crippen LogP contribution is 2.33. The number of carbonyl (C=O) groups excluding carboxylic acids is 3. The van der Waals surface area contributed by atoms with Crippen LogP contribution in [0.25, 0.3) is 11.1 Å². The molecule has 13 heteroatoms. The second-order valence-electron chi connectivity index (χ2n) is 11.3. The van der Waals surface area contributed by atoms with Crippen LogP contribution in [-0.4, -0.2) is 65.5 Å². The van der Waals surface area contributed by atoms with Gasteiger partial charge in [0, 0.05) is 14.1 Å². The van der Waals surface area contributed by atoms with E-state index in [0.29, 0.717) is 16.7 Å². The Balaban J connectivity index is 1.60. The van der Waals surface area contributed by atoms with E-state index in [1.54, 1.807) is 31.2 Å². The molecule has 254 valence electrons. The molecule has 0 fully saturated rings. The van der Waals surface area contributed by atoms with Crippen molar-refractivity contribution < 1.29 is 52.1 Å². The zero-order chi connectivity index (χ0) is 36.1. The van der Waals surface area contributed by atoms with E-state index in [0.717, 1.165) is 12.1 Å². The first kappa shape index (κ1) is 35.9. The standard InChI is InChI=1S/C36H31F3N2O8/c1-21-8-7-11-26(23-13-15-25(16-14-23)36(37,38)39)30(21)31(43)40-28-17-12-22(18-27(28)32(44)41(2)3)19-29(42)49-20-35(33(45)46,34(47)48)24-9-5-4-6-10-24/h4-18H,19-20H2,1-3H3,(H,40,43)(H,45,46)(H,47,48). The summed E-state index contributed by atoms with van der Waals surface area (Å²) in [7, 11) is 2.94. The van der Waals surface area contributed by atoms with Crippen LogP contribution in [0.2, 0.25) is 0 Å². The van der Waals surface area contributed by atoms with Gasteiger partial charge in [0.2, 0.25) is 5.41 Å². The Morgan fingerprint density at radius 1 is 0.796 bits per heavy atom. The van der Waals surface area contributed by atoms with Crippen LogP contribution < -0.4 is 5.32 Å². The molecule has 0 atom stereocenters. The van der Waals surface area contributed by atoms with Crippen molar-refractivity contribution in [1.29, 1.82) is 0 Å². The van der Waals surface area contributed by atoms with Crippen LogP contribution in [0.1, 0.15) is 43.0 Å². The zero-order valence-electron chi connectivity index (χ0n) is 26.5. The average Bonchev–Trinajstić information content (AvgIpc) is 3.05. The molecule has 0 bridgehead atoms. The van der Waals surface area contributed by atoms with Crippen molar-refractivity contribution in [3.63, 3.8) is 0 Å². The third-order valence-electron chi connectivity index (χ3n) is 7.79. The van der Waals surface area contributed by atoms with Gasteiger partial charge in [0.1, 0.15) is 6.61 Å². The van der Waals surface area contributed by atoms with Crippen molar-refractivity contribution in [3.8, 4) is 11.1 Å². The summed E-state index contributed by atoms with van der Waals surface area (Å²) in [5.41, 5.74) is -1.80. The molecule has 10 nitrogen and oxygen atoms in total. The van der Waals surface area contributed by atoms with Crippen LogP contribution in [0.15, 0.2) is 91.0 Å². The number of aryl methyl sites for hydroxylation is 1. The normalized spacial score (nSPS) is 11.4. The first-order valence-corrected chi connectivity index (χ1v) is 14.7. The van der Waals surface area contributed by atoms with Crippen LogP contribution in [0, 0.1) is 6.92 Å². The highest BCUT2D eigenvalue weighted by molar-refractivity contribution is 6.12. The number of hydrogen-bond donors (Lipinski definition) is 3. The Bertz CT molecular complexity index is 1890. The fourth-order valence-electron chi connectivity index (χ4n) is 5.14. The van der Waals surface area contributed by atoms with Crippen LogP contribution in [-0.2, 0) is 37.1 Å². The lowest BCUT2D eigenvalue weighted by atomic mass is 9.81. The van der Waals surface area contributed by atoms with Gasteiger partial charge < -0.3 is 25.2 Å². The maximum absolute atomic E-state index is 13.7. The van der Waals surface area contributed by atoms with E-state index < -0.39 is 59.9 Å². The van der Waals surface area contributed by atoms with Gasteiger partial charge >= 0.3 is 24.1 Å². The molecular weight excluding hydrogens is 645 g/mol. The van der Waals surface area contributed by atoms with E-state index in [4.69, 9.17) is 4.74 Å². The van der Waals surface area contributed by atoms with E-state index in [-0.39, 0.29) is 27.9 Å². The van der Waals surface area contributed by atoms with Gasteiger partial charge in [-0.15, -0.1) is 0 Å². The fraction of sp³-hybridized carbons (Fsp3) is 0.194. The number of alkyl halides is 3. The molecule has 0 radical (unpaired) electrons. The number of esters is 1. The van der Waals surface area contributed by atoms with Gasteiger partial charge in [-0.2, -0.15) is 13.2 Å². The summed E-state index contributed by atoms with van der Waals surface area (Å²) in [5.74, 6) is -5.62. The number of hydrogen-bond acceptors (Lipinski definition) is 6. The molecule has 0 unspecified atom stereocenters. The third kappa shape index (κ3) is 7.78. The van der Waals surface area contributed by atoms with Crippen molar-refractivity contribution in [2.75, 3.05) is 26.0 Å². The van der Waals surface area contributed by atoms with E-state index >= 15 is 0 Å². The molecule has 0 aliphatic rings. The Hall–Kier alpha value is -5.98. The summed E-state index contributed by atoms with van der Waals surface area (Å²) in [4.78, 5) is 65.2. The molecule has 0 heterocycles. The lowest BCUT2D eigenvalue weighted by molar-refractivity contribution is -0.164. The zero-order valence-corrected chi connectivity index (χ0v) is 26.5. The number of amides is 2. The minimum absolute atomic E-state index is 0.0111. The SMILES string of the molecule is Cc1cccc(-c2ccc(C(F)(F)F)cc2)c1C(=O)Nc1ccc(CC(=O)OCC(C(=O)O)(C(=O)O)c2ccccc2)cc1C(=O)N(C)C. The van der Waals surface area contributed by atoms with E-state index in [1.165, 1.54) is 73.6 Å². The third-order valence-corrected chi connectivity index (χ3v) is 7.79. The minimum atomic E-state index is -4.53. The summed E-state index contributed by atoms with van der Waals surface area (Å²) in [5, 5.41) is 22.4. The number of nitrogens with zero attached hydrogens (tertiary/aromatic N) is 1. The molecule has 2 amide bonds. The molecule has 0 saturated carbocycles. The summed E-state index contributed by atoms with van der Waals surface area (Å²) < 4.78 is 44.6. The van der Waals surface area contributed by atoms with E-state index in [1.807, 2.05) is 0 Å². The van der Waals surface area contributed by atoms with Crippen molar-refractivity contribution in [3.05, 3.63) is 124 Å². The fourth-order valence-corrected chi connectivity index (χ4v) is 5.14. The molecule has 0 aliphatic heterocycles. The maximum Gasteiger partial charge on any atom is 0.416 e.